The maximum absolute atomic E-state index is 13.0. The van der Waals surface area contributed by atoms with E-state index in [-0.39, 0.29) is 17.7 Å². The fourth-order valence-electron chi connectivity index (χ4n) is 3.74. The van der Waals surface area contributed by atoms with E-state index in [1.807, 2.05) is 30.5 Å². The van der Waals surface area contributed by atoms with Crippen LogP contribution in [0.25, 0.3) is 11.4 Å². The van der Waals surface area contributed by atoms with E-state index in [0.29, 0.717) is 30.5 Å². The van der Waals surface area contributed by atoms with Crippen molar-refractivity contribution in [1.82, 2.24) is 35.0 Å². The minimum atomic E-state index is -0.150. The van der Waals surface area contributed by atoms with Gasteiger partial charge in [-0.1, -0.05) is 11.2 Å². The minimum absolute atomic E-state index is 0.0183. The Bertz CT molecular complexity index is 1140. The zero-order valence-electron chi connectivity index (χ0n) is 15.9. The largest absolute Gasteiger partial charge is 0.339 e. The Morgan fingerprint density at radius 2 is 1.80 bits per heavy atom. The lowest BCUT2D eigenvalue weighted by atomic mass is 9.90. The molecule has 1 saturated heterocycles. The van der Waals surface area contributed by atoms with E-state index in [2.05, 4.69) is 30.1 Å². The summed E-state index contributed by atoms with van der Waals surface area (Å²) in [5.41, 5.74) is 2.20. The number of hydrogen-bond acceptors (Lipinski definition) is 8. The van der Waals surface area contributed by atoms with Crippen LogP contribution in [0.3, 0.4) is 0 Å². The van der Waals surface area contributed by atoms with Crippen molar-refractivity contribution >= 4 is 5.91 Å². The monoisotopic (exact) mass is 399 g/mol. The molecular weight excluding hydrogens is 382 g/mol. The highest BCUT2D eigenvalue weighted by atomic mass is 16.5. The molecule has 5 heterocycles. The lowest BCUT2D eigenvalue weighted by Gasteiger charge is -2.15. The van der Waals surface area contributed by atoms with E-state index in [4.69, 9.17) is 4.52 Å². The summed E-state index contributed by atoms with van der Waals surface area (Å²) in [4.78, 5) is 35.6. The Balaban J connectivity index is 1.47. The molecule has 1 amide bonds. The number of likely N-dealkylation sites (tertiary alicyclic amines) is 1. The standard InChI is InChI=1S/C21H17N7O2/c29-21(18-5-9-24-13-25-18)28-11-16(15-2-1-6-23-10-15)17(12-28)20-26-19(27-30-20)14-3-7-22-8-4-14/h1-10,13,16-17H,11-12H2/t16-,17+/m0/s1. The van der Waals surface area contributed by atoms with Crippen molar-refractivity contribution < 1.29 is 9.32 Å². The van der Waals surface area contributed by atoms with Crippen LogP contribution in [0.4, 0.5) is 0 Å². The highest BCUT2D eigenvalue weighted by Crippen LogP contribution is 2.39. The van der Waals surface area contributed by atoms with Crippen LogP contribution in [-0.4, -0.2) is 54.0 Å². The Hall–Kier alpha value is -4.01. The summed E-state index contributed by atoms with van der Waals surface area (Å²) in [5.74, 6) is 0.674. The fraction of sp³-hybridized carbons (Fsp3) is 0.190. The number of rotatable bonds is 4. The molecule has 148 valence electrons. The van der Waals surface area contributed by atoms with Gasteiger partial charge in [0.2, 0.25) is 11.7 Å². The number of hydrogen-bond donors (Lipinski definition) is 0. The molecule has 0 N–H and O–H groups in total. The second kappa shape index (κ2) is 7.78. The van der Waals surface area contributed by atoms with Gasteiger partial charge in [0, 0.05) is 55.6 Å². The Morgan fingerprint density at radius 1 is 0.967 bits per heavy atom. The van der Waals surface area contributed by atoms with E-state index >= 15 is 0 Å². The molecule has 1 aliphatic rings. The normalized spacial score (nSPS) is 18.5. The molecule has 2 atom stereocenters. The van der Waals surface area contributed by atoms with Gasteiger partial charge in [-0.05, 0) is 29.8 Å². The average Bonchev–Trinajstić information content (AvgIpc) is 3.48. The molecule has 9 heteroatoms. The van der Waals surface area contributed by atoms with Crippen molar-refractivity contribution in [2.75, 3.05) is 13.1 Å². The van der Waals surface area contributed by atoms with Gasteiger partial charge < -0.3 is 9.42 Å². The molecule has 0 radical (unpaired) electrons. The van der Waals surface area contributed by atoms with Crippen molar-refractivity contribution in [2.45, 2.75) is 11.8 Å². The quantitative estimate of drug-likeness (QED) is 0.514. The molecule has 5 rings (SSSR count). The summed E-state index contributed by atoms with van der Waals surface area (Å²) in [6.07, 6.45) is 9.84. The summed E-state index contributed by atoms with van der Waals surface area (Å²) in [7, 11) is 0. The number of carbonyl (C=O) groups is 1. The first-order valence-electron chi connectivity index (χ1n) is 9.49. The van der Waals surface area contributed by atoms with Crippen molar-refractivity contribution in [2.24, 2.45) is 0 Å². The minimum Gasteiger partial charge on any atom is -0.339 e. The van der Waals surface area contributed by atoms with Crippen LogP contribution < -0.4 is 0 Å². The summed E-state index contributed by atoms with van der Waals surface area (Å²) >= 11 is 0. The van der Waals surface area contributed by atoms with Gasteiger partial charge >= 0.3 is 0 Å². The fourth-order valence-corrected chi connectivity index (χ4v) is 3.74. The van der Waals surface area contributed by atoms with E-state index in [0.717, 1.165) is 11.1 Å². The highest BCUT2D eigenvalue weighted by molar-refractivity contribution is 5.92. The molecular formula is C21H17N7O2. The van der Waals surface area contributed by atoms with Crippen molar-refractivity contribution in [3.05, 3.63) is 84.8 Å². The average molecular weight is 399 g/mol. The molecule has 0 unspecified atom stereocenters. The topological polar surface area (TPSA) is 111 Å². The number of nitrogens with zero attached hydrogens (tertiary/aromatic N) is 7. The van der Waals surface area contributed by atoms with E-state index in [1.165, 1.54) is 6.33 Å². The Labute approximate surface area is 171 Å². The van der Waals surface area contributed by atoms with Crippen LogP contribution in [0.15, 0.2) is 72.2 Å². The van der Waals surface area contributed by atoms with Crippen LogP contribution >= 0.6 is 0 Å². The maximum atomic E-state index is 13.0. The van der Waals surface area contributed by atoms with Crippen LogP contribution in [-0.2, 0) is 0 Å². The molecule has 9 nitrogen and oxygen atoms in total. The SMILES string of the molecule is O=C(c1ccncn1)N1C[C@@H](c2cccnc2)[C@H](c2nc(-c3ccncc3)no2)C1. The van der Waals surface area contributed by atoms with Crippen LogP contribution in [0, 0.1) is 0 Å². The van der Waals surface area contributed by atoms with Gasteiger partial charge in [-0.2, -0.15) is 4.98 Å². The third kappa shape index (κ3) is 3.41. The van der Waals surface area contributed by atoms with Gasteiger partial charge in [0.25, 0.3) is 5.91 Å². The van der Waals surface area contributed by atoms with Gasteiger partial charge in [-0.25, -0.2) is 9.97 Å². The molecule has 0 aromatic carbocycles. The van der Waals surface area contributed by atoms with Gasteiger partial charge in [0.1, 0.15) is 12.0 Å². The molecule has 4 aromatic heterocycles. The predicted octanol–water partition coefficient (Wildman–Crippen LogP) is 2.34. The summed E-state index contributed by atoms with van der Waals surface area (Å²) in [5, 5.41) is 4.13. The van der Waals surface area contributed by atoms with Gasteiger partial charge in [0.15, 0.2) is 0 Å². The van der Waals surface area contributed by atoms with Gasteiger partial charge in [-0.15, -0.1) is 0 Å². The molecule has 0 spiro atoms. The number of pyridine rings is 2. The lowest BCUT2D eigenvalue weighted by Crippen LogP contribution is -2.29. The molecule has 1 aliphatic heterocycles. The van der Waals surface area contributed by atoms with Crippen LogP contribution in [0.2, 0.25) is 0 Å². The van der Waals surface area contributed by atoms with Crippen LogP contribution in [0.1, 0.15) is 33.8 Å². The number of carbonyl (C=O) groups excluding carboxylic acids is 1. The Morgan fingerprint density at radius 3 is 2.57 bits per heavy atom. The Kier molecular flexibility index (Phi) is 4.68. The number of amides is 1. The van der Waals surface area contributed by atoms with Crippen molar-refractivity contribution in [3.8, 4) is 11.4 Å². The first kappa shape index (κ1) is 18.0. The summed E-state index contributed by atoms with van der Waals surface area (Å²) < 4.78 is 5.62. The second-order valence-corrected chi connectivity index (χ2v) is 7.00. The van der Waals surface area contributed by atoms with Crippen molar-refractivity contribution in [3.63, 3.8) is 0 Å². The summed E-state index contributed by atoms with van der Waals surface area (Å²) in [6, 6.07) is 9.16. The lowest BCUT2D eigenvalue weighted by molar-refractivity contribution is 0.0782. The zero-order valence-corrected chi connectivity index (χ0v) is 15.9. The third-order valence-electron chi connectivity index (χ3n) is 5.22. The first-order chi connectivity index (χ1) is 14.8. The summed E-state index contributed by atoms with van der Waals surface area (Å²) in [6.45, 7) is 0.951. The van der Waals surface area contributed by atoms with Gasteiger partial charge in [-0.3, -0.25) is 14.8 Å². The maximum Gasteiger partial charge on any atom is 0.272 e. The molecule has 0 aliphatic carbocycles. The molecule has 1 fully saturated rings. The predicted molar refractivity (Wildman–Crippen MR) is 105 cm³/mol. The smallest absolute Gasteiger partial charge is 0.272 e. The molecule has 0 bridgehead atoms. The van der Waals surface area contributed by atoms with E-state index in [9.17, 15) is 4.79 Å². The first-order valence-corrected chi connectivity index (χ1v) is 9.49. The van der Waals surface area contributed by atoms with E-state index < -0.39 is 0 Å². The molecule has 4 aromatic rings. The van der Waals surface area contributed by atoms with Crippen molar-refractivity contribution in [1.29, 1.82) is 0 Å². The van der Waals surface area contributed by atoms with Gasteiger partial charge in [0.05, 0.1) is 5.92 Å². The molecule has 0 saturated carbocycles. The second-order valence-electron chi connectivity index (χ2n) is 7.00. The highest BCUT2D eigenvalue weighted by Gasteiger charge is 2.41. The zero-order chi connectivity index (χ0) is 20.3. The van der Waals surface area contributed by atoms with Crippen LogP contribution in [0.5, 0.6) is 0 Å². The third-order valence-corrected chi connectivity index (χ3v) is 5.22. The number of aromatic nitrogens is 6. The van der Waals surface area contributed by atoms with E-state index in [1.54, 1.807) is 35.8 Å². The molecule has 30 heavy (non-hydrogen) atoms.